The Morgan fingerprint density at radius 1 is 1.06 bits per heavy atom. The quantitative estimate of drug-likeness (QED) is 0.426. The van der Waals surface area contributed by atoms with Crippen molar-refractivity contribution in [1.29, 1.82) is 0 Å². The Morgan fingerprint density at radius 2 is 1.75 bits per heavy atom. The van der Waals surface area contributed by atoms with E-state index in [0.29, 0.717) is 0 Å². The molecule has 3 rings (SSSR count). The van der Waals surface area contributed by atoms with Gasteiger partial charge in [0.05, 0.1) is 0 Å². The first kappa shape index (κ1) is 14.0. The summed E-state index contributed by atoms with van der Waals surface area (Å²) in [4.78, 5) is 0. The van der Waals surface area contributed by atoms with Crippen LogP contribution in [-0.2, 0) is 17.1 Å². The Hall–Kier alpha value is -0.0805. The van der Waals surface area contributed by atoms with Crippen LogP contribution in [0.5, 0.6) is 0 Å². The largest absolute Gasteiger partial charge is 2.00 e. The monoisotopic (exact) mass is 290 g/mol. The molecule has 0 radical (unpaired) electrons. The van der Waals surface area contributed by atoms with Crippen molar-refractivity contribution >= 4 is 21.6 Å². The predicted molar refractivity (Wildman–Crippen MR) is 71.5 cm³/mol. The topological polar surface area (TPSA) is 0 Å². The van der Waals surface area contributed by atoms with Gasteiger partial charge in [0.2, 0.25) is 0 Å². The molecule has 1 aliphatic heterocycles. The van der Waals surface area contributed by atoms with Crippen molar-refractivity contribution in [1.82, 2.24) is 0 Å². The van der Waals surface area contributed by atoms with E-state index in [2.05, 4.69) is 24.3 Å². The van der Waals surface area contributed by atoms with Gasteiger partial charge in [0.25, 0.3) is 0 Å². The fourth-order valence-corrected chi connectivity index (χ4v) is 4.40. The molecule has 1 unspecified atom stereocenters. The second kappa shape index (κ2) is 8.08. The van der Waals surface area contributed by atoms with Gasteiger partial charge in [-0.1, -0.05) is 21.6 Å². The van der Waals surface area contributed by atoms with Crippen molar-refractivity contribution in [3.05, 3.63) is 60.2 Å². The number of rotatable bonds is 1. The first-order valence-corrected chi connectivity index (χ1v) is 7.51. The fourth-order valence-electron chi connectivity index (χ4n) is 1.48. The molecule has 2 aromatic rings. The Kier molecular flexibility index (Phi) is 7.06. The Labute approximate surface area is 116 Å². The summed E-state index contributed by atoms with van der Waals surface area (Å²) in [6.45, 7) is 0. The van der Waals surface area contributed by atoms with Crippen LogP contribution >= 0.6 is 21.6 Å². The molecule has 2 aromatic carbocycles. The summed E-state index contributed by atoms with van der Waals surface area (Å²) in [5.41, 5.74) is 1.51. The zero-order chi connectivity index (χ0) is 10.3. The van der Waals surface area contributed by atoms with Gasteiger partial charge in [0, 0.05) is 5.75 Å². The molecule has 0 saturated carbocycles. The molecule has 0 nitrogen and oxygen atoms in total. The molecule has 1 aliphatic rings. The first-order chi connectivity index (χ1) is 7.47. The van der Waals surface area contributed by atoms with Crippen LogP contribution in [-0.4, -0.2) is 5.75 Å². The van der Waals surface area contributed by atoms with Gasteiger partial charge in [0.1, 0.15) is 0 Å². The minimum atomic E-state index is 0. The van der Waals surface area contributed by atoms with Crippen LogP contribution < -0.4 is 0 Å². The molecule has 1 fully saturated rings. The maximum Gasteiger partial charge on any atom is 2.00 e. The maximum absolute atomic E-state index is 2.23. The molecular formula is C13H14FeS2. The third-order valence-electron chi connectivity index (χ3n) is 2.26. The number of hydrogen-bond acceptors (Lipinski definition) is 2. The second-order valence-corrected chi connectivity index (χ2v) is 6.07. The van der Waals surface area contributed by atoms with Gasteiger partial charge in [-0.05, 0) is 11.7 Å². The Balaban J connectivity index is 0.000000183. The van der Waals surface area contributed by atoms with Gasteiger partial charge in [0.15, 0.2) is 0 Å². The minimum absolute atomic E-state index is 0. The van der Waals surface area contributed by atoms with E-state index in [1.54, 1.807) is 0 Å². The minimum Gasteiger partial charge on any atom is -0.214 e. The van der Waals surface area contributed by atoms with Crippen molar-refractivity contribution in [3.8, 4) is 0 Å². The second-order valence-electron chi connectivity index (χ2n) is 3.38. The average Bonchev–Trinajstić information content (AvgIpc) is 3.06. The zero-order valence-electron chi connectivity index (χ0n) is 8.86. The molecule has 0 N–H and O–H groups in total. The molecule has 0 amide bonds. The van der Waals surface area contributed by atoms with E-state index in [9.17, 15) is 0 Å². The summed E-state index contributed by atoms with van der Waals surface area (Å²) >= 11 is 0. The molecule has 0 aliphatic carbocycles. The fraction of sp³-hybridized carbons (Fsp3) is 0.231. The molecule has 0 aromatic heterocycles. The van der Waals surface area contributed by atoms with E-state index in [0.717, 1.165) is 5.25 Å². The first-order valence-electron chi connectivity index (χ1n) is 5.13. The van der Waals surface area contributed by atoms with E-state index in [1.165, 1.54) is 17.7 Å². The van der Waals surface area contributed by atoms with E-state index in [-0.39, 0.29) is 17.1 Å². The molecule has 3 heteroatoms. The molecule has 0 spiro atoms. The molecule has 1 heterocycles. The van der Waals surface area contributed by atoms with Crippen molar-refractivity contribution in [2.45, 2.75) is 11.7 Å². The van der Waals surface area contributed by atoms with Crippen LogP contribution in [0.25, 0.3) is 0 Å². The van der Waals surface area contributed by atoms with Crippen molar-refractivity contribution in [2.24, 2.45) is 0 Å². The van der Waals surface area contributed by atoms with Gasteiger partial charge in [-0.25, -0.2) is 24.3 Å². The van der Waals surface area contributed by atoms with Gasteiger partial charge < -0.3 is 0 Å². The zero-order valence-corrected chi connectivity index (χ0v) is 11.6. The van der Waals surface area contributed by atoms with Crippen LogP contribution in [0.15, 0.2) is 54.6 Å². The summed E-state index contributed by atoms with van der Waals surface area (Å²) in [5, 5.41) is 0.778. The molecule has 0 bridgehead atoms. The predicted octanol–water partition coefficient (Wildman–Crippen LogP) is 4.63. The van der Waals surface area contributed by atoms with E-state index < -0.39 is 0 Å². The van der Waals surface area contributed by atoms with Crippen LogP contribution in [0.2, 0.25) is 0 Å². The normalized spacial score (nSPS) is 18.4. The van der Waals surface area contributed by atoms with Crippen molar-refractivity contribution in [3.63, 3.8) is 0 Å². The van der Waals surface area contributed by atoms with Gasteiger partial charge in [-0.3, -0.25) is 0 Å². The van der Waals surface area contributed by atoms with Crippen molar-refractivity contribution < 1.29 is 17.1 Å². The van der Waals surface area contributed by atoms with Crippen molar-refractivity contribution in [2.75, 3.05) is 5.75 Å². The average molecular weight is 290 g/mol. The van der Waals surface area contributed by atoms with Crippen LogP contribution in [0.3, 0.4) is 0 Å². The van der Waals surface area contributed by atoms with Crippen LogP contribution in [0, 0.1) is 0 Å². The van der Waals surface area contributed by atoms with Gasteiger partial charge >= 0.3 is 17.1 Å². The van der Waals surface area contributed by atoms with E-state index in [1.807, 2.05) is 51.9 Å². The maximum atomic E-state index is 2.23. The molecular weight excluding hydrogens is 276 g/mol. The molecule has 16 heavy (non-hydrogen) atoms. The summed E-state index contributed by atoms with van der Waals surface area (Å²) in [6.07, 6.45) is 1.35. The molecule has 1 saturated heterocycles. The van der Waals surface area contributed by atoms with E-state index >= 15 is 0 Å². The SMILES string of the molecule is [Fe+2].c1cc[c-](C2CCSS2)c1.c1cc[cH-]c1. The summed E-state index contributed by atoms with van der Waals surface area (Å²) in [6, 6.07) is 18.7. The summed E-state index contributed by atoms with van der Waals surface area (Å²) in [7, 11) is 4.01. The Bertz CT molecular complexity index is 317. The smallest absolute Gasteiger partial charge is 0.214 e. The standard InChI is InChI=1S/C8H9S2.C5H5.Fe/c1-2-4-7(3-1)8-5-6-9-10-8;1-2-4-5-3-1;/h1-4,8H,5-6H2;1-5H;/q2*-1;+2. The third kappa shape index (κ3) is 4.42. The number of hydrogen-bond donors (Lipinski definition) is 0. The van der Waals surface area contributed by atoms with E-state index in [4.69, 9.17) is 0 Å². The van der Waals surface area contributed by atoms with Crippen LogP contribution in [0.4, 0.5) is 0 Å². The summed E-state index contributed by atoms with van der Waals surface area (Å²) < 4.78 is 0. The third-order valence-corrected chi connectivity index (χ3v) is 5.15. The van der Waals surface area contributed by atoms with Gasteiger partial charge in [-0.2, -0.15) is 30.3 Å². The molecule has 86 valence electrons. The van der Waals surface area contributed by atoms with Crippen LogP contribution in [0.1, 0.15) is 17.2 Å². The summed E-state index contributed by atoms with van der Waals surface area (Å²) in [5.74, 6) is 1.32. The molecule has 1 atom stereocenters. The Morgan fingerprint density at radius 3 is 2.19 bits per heavy atom. The van der Waals surface area contributed by atoms with Gasteiger partial charge in [-0.15, -0.1) is 5.56 Å².